The molecule has 1 rings (SSSR count). The van der Waals surface area contributed by atoms with E-state index in [1.807, 2.05) is 0 Å². The fourth-order valence-electron chi connectivity index (χ4n) is 1.89. The highest BCUT2D eigenvalue weighted by atomic mass is 14.8. The van der Waals surface area contributed by atoms with E-state index in [4.69, 9.17) is 5.73 Å². The maximum atomic E-state index is 5.70. The molecule has 0 radical (unpaired) electrons. The molecule has 0 fully saturated rings. The molecule has 1 atom stereocenters. The minimum atomic E-state index is 0.324. The van der Waals surface area contributed by atoms with Gasteiger partial charge in [0.2, 0.25) is 0 Å². The van der Waals surface area contributed by atoms with Crippen LogP contribution in [-0.4, -0.2) is 12.6 Å². The normalized spacial score (nSPS) is 12.6. The van der Waals surface area contributed by atoms with Gasteiger partial charge in [-0.05, 0) is 43.9 Å². The zero-order chi connectivity index (χ0) is 12.5. The Kier molecular flexibility index (Phi) is 6.90. The van der Waals surface area contributed by atoms with Gasteiger partial charge in [-0.25, -0.2) is 0 Å². The quantitative estimate of drug-likeness (QED) is 0.679. The molecule has 1 unspecified atom stereocenters. The van der Waals surface area contributed by atoms with E-state index >= 15 is 0 Å². The second-order valence-corrected chi connectivity index (χ2v) is 4.86. The Balaban J connectivity index is 2.18. The number of aryl methyl sites for hydroxylation is 1. The number of nitrogens with two attached hydrogens (primary N) is 1. The molecule has 1 aromatic carbocycles. The summed E-state index contributed by atoms with van der Waals surface area (Å²) in [6.07, 6.45) is 4.66. The van der Waals surface area contributed by atoms with Crippen molar-refractivity contribution in [3.8, 4) is 0 Å². The zero-order valence-electron chi connectivity index (χ0n) is 11.2. The third-order valence-electron chi connectivity index (χ3n) is 2.90. The van der Waals surface area contributed by atoms with Gasteiger partial charge >= 0.3 is 0 Å². The van der Waals surface area contributed by atoms with E-state index in [-0.39, 0.29) is 0 Å². The van der Waals surface area contributed by atoms with Gasteiger partial charge in [-0.2, -0.15) is 0 Å². The standard InChI is InChI=1S/C15H26N2/c1-3-5-14-7-9-15(10-8-14)12-17-11-4-6-13(2)16/h7-10,13,17H,3-6,11-12,16H2,1-2H3. The van der Waals surface area contributed by atoms with Crippen LogP contribution in [0.1, 0.15) is 44.2 Å². The molecule has 0 aromatic heterocycles. The Morgan fingerprint density at radius 2 is 1.82 bits per heavy atom. The average molecular weight is 234 g/mol. The molecule has 0 amide bonds. The van der Waals surface area contributed by atoms with Crippen molar-refractivity contribution < 1.29 is 0 Å². The van der Waals surface area contributed by atoms with Crippen molar-refractivity contribution in [2.75, 3.05) is 6.54 Å². The molecule has 3 N–H and O–H groups in total. The van der Waals surface area contributed by atoms with Gasteiger partial charge < -0.3 is 11.1 Å². The molecule has 2 nitrogen and oxygen atoms in total. The van der Waals surface area contributed by atoms with Crippen LogP contribution < -0.4 is 11.1 Å². The fraction of sp³-hybridized carbons (Fsp3) is 0.600. The smallest absolute Gasteiger partial charge is 0.0205 e. The van der Waals surface area contributed by atoms with Crippen LogP contribution in [-0.2, 0) is 13.0 Å². The summed E-state index contributed by atoms with van der Waals surface area (Å²) in [5.74, 6) is 0. The highest BCUT2D eigenvalue weighted by Gasteiger charge is 1.96. The van der Waals surface area contributed by atoms with Crippen molar-refractivity contribution in [1.82, 2.24) is 5.32 Å². The average Bonchev–Trinajstić information content (AvgIpc) is 2.31. The maximum absolute atomic E-state index is 5.70. The molecule has 0 bridgehead atoms. The Labute approximate surface area is 106 Å². The summed E-state index contributed by atoms with van der Waals surface area (Å²) >= 11 is 0. The lowest BCUT2D eigenvalue weighted by Gasteiger charge is -2.07. The minimum absolute atomic E-state index is 0.324. The molecule has 17 heavy (non-hydrogen) atoms. The Bertz CT molecular complexity index is 290. The van der Waals surface area contributed by atoms with Gasteiger partial charge in [0, 0.05) is 12.6 Å². The molecule has 0 aliphatic heterocycles. The number of hydrogen-bond acceptors (Lipinski definition) is 2. The summed E-state index contributed by atoms with van der Waals surface area (Å²) in [6, 6.07) is 9.25. The van der Waals surface area contributed by atoms with Gasteiger partial charge in [-0.3, -0.25) is 0 Å². The first-order valence-electron chi connectivity index (χ1n) is 6.76. The summed E-state index contributed by atoms with van der Waals surface area (Å²) in [7, 11) is 0. The van der Waals surface area contributed by atoms with Gasteiger partial charge in [0.25, 0.3) is 0 Å². The number of hydrogen-bond donors (Lipinski definition) is 2. The first-order chi connectivity index (χ1) is 8.22. The molecule has 0 aliphatic rings. The Hall–Kier alpha value is -0.860. The second-order valence-electron chi connectivity index (χ2n) is 4.86. The van der Waals surface area contributed by atoms with E-state index in [9.17, 15) is 0 Å². The van der Waals surface area contributed by atoms with Crippen LogP contribution in [0.2, 0.25) is 0 Å². The van der Waals surface area contributed by atoms with E-state index < -0.39 is 0 Å². The van der Waals surface area contributed by atoms with Crippen molar-refractivity contribution in [1.29, 1.82) is 0 Å². The van der Waals surface area contributed by atoms with Crippen molar-refractivity contribution in [3.63, 3.8) is 0 Å². The first-order valence-corrected chi connectivity index (χ1v) is 6.76. The van der Waals surface area contributed by atoms with Crippen molar-refractivity contribution in [2.45, 2.75) is 52.1 Å². The van der Waals surface area contributed by atoms with E-state index in [1.54, 1.807) is 0 Å². The van der Waals surface area contributed by atoms with E-state index in [2.05, 4.69) is 43.4 Å². The lowest BCUT2D eigenvalue weighted by atomic mass is 10.1. The molecule has 2 heteroatoms. The third kappa shape index (κ3) is 6.44. The van der Waals surface area contributed by atoms with Crippen LogP contribution in [0, 0.1) is 0 Å². The van der Waals surface area contributed by atoms with Crippen LogP contribution >= 0.6 is 0 Å². The summed E-state index contributed by atoms with van der Waals surface area (Å²) in [5.41, 5.74) is 8.51. The summed E-state index contributed by atoms with van der Waals surface area (Å²) in [6.45, 7) is 6.30. The molecule has 0 aliphatic carbocycles. The number of benzene rings is 1. The molecule has 0 saturated carbocycles. The highest BCUT2D eigenvalue weighted by molar-refractivity contribution is 5.22. The van der Waals surface area contributed by atoms with Gasteiger partial charge in [0.05, 0.1) is 0 Å². The molecular weight excluding hydrogens is 208 g/mol. The predicted molar refractivity (Wildman–Crippen MR) is 75.0 cm³/mol. The minimum Gasteiger partial charge on any atom is -0.328 e. The van der Waals surface area contributed by atoms with Gasteiger partial charge in [-0.15, -0.1) is 0 Å². The van der Waals surface area contributed by atoms with Crippen LogP contribution in [0.25, 0.3) is 0 Å². The van der Waals surface area contributed by atoms with Gasteiger partial charge in [0.15, 0.2) is 0 Å². The van der Waals surface area contributed by atoms with E-state index in [0.717, 1.165) is 25.9 Å². The number of rotatable bonds is 8. The Morgan fingerprint density at radius 3 is 2.41 bits per heavy atom. The second kappa shape index (κ2) is 8.26. The van der Waals surface area contributed by atoms with Crippen molar-refractivity contribution >= 4 is 0 Å². The topological polar surface area (TPSA) is 38.0 Å². The SMILES string of the molecule is CCCc1ccc(CNCCCC(C)N)cc1. The Morgan fingerprint density at radius 1 is 1.18 bits per heavy atom. The van der Waals surface area contributed by atoms with Crippen LogP contribution in [0.15, 0.2) is 24.3 Å². The number of nitrogens with one attached hydrogen (secondary N) is 1. The maximum Gasteiger partial charge on any atom is 0.0205 e. The summed E-state index contributed by atoms with van der Waals surface area (Å²) in [5, 5.41) is 3.45. The van der Waals surface area contributed by atoms with Crippen LogP contribution in [0.5, 0.6) is 0 Å². The third-order valence-corrected chi connectivity index (χ3v) is 2.90. The van der Waals surface area contributed by atoms with Crippen molar-refractivity contribution in [2.24, 2.45) is 5.73 Å². The van der Waals surface area contributed by atoms with Gasteiger partial charge in [0.1, 0.15) is 0 Å². The first kappa shape index (κ1) is 14.2. The van der Waals surface area contributed by atoms with E-state index in [0.29, 0.717) is 6.04 Å². The molecule has 0 heterocycles. The fourth-order valence-corrected chi connectivity index (χ4v) is 1.89. The summed E-state index contributed by atoms with van der Waals surface area (Å²) in [4.78, 5) is 0. The molecule has 96 valence electrons. The van der Waals surface area contributed by atoms with Crippen LogP contribution in [0.4, 0.5) is 0 Å². The van der Waals surface area contributed by atoms with Gasteiger partial charge in [-0.1, -0.05) is 37.6 Å². The lowest BCUT2D eigenvalue weighted by molar-refractivity contribution is 0.574. The largest absolute Gasteiger partial charge is 0.328 e. The van der Waals surface area contributed by atoms with Crippen molar-refractivity contribution in [3.05, 3.63) is 35.4 Å². The molecule has 1 aromatic rings. The monoisotopic (exact) mass is 234 g/mol. The highest BCUT2D eigenvalue weighted by Crippen LogP contribution is 2.06. The molecular formula is C15H26N2. The molecule has 0 spiro atoms. The van der Waals surface area contributed by atoms with Crippen LogP contribution in [0.3, 0.4) is 0 Å². The lowest BCUT2D eigenvalue weighted by Crippen LogP contribution is -2.19. The molecule has 0 saturated heterocycles. The van der Waals surface area contributed by atoms with E-state index in [1.165, 1.54) is 24.0 Å². The predicted octanol–water partition coefficient (Wildman–Crippen LogP) is 2.86. The zero-order valence-corrected chi connectivity index (χ0v) is 11.2. The summed E-state index contributed by atoms with van der Waals surface area (Å²) < 4.78 is 0.